The Morgan fingerprint density at radius 3 is 2.75 bits per heavy atom. The number of carbonyl (C=O) groups excluding carboxylic acids is 1. The van der Waals surface area contributed by atoms with E-state index in [9.17, 15) is 9.90 Å². The molecule has 2 aliphatic rings. The number of H-pyrrole nitrogens is 2. The van der Waals surface area contributed by atoms with Crippen LogP contribution in [-0.4, -0.2) is 70.6 Å². The summed E-state index contributed by atoms with van der Waals surface area (Å²) in [5, 5.41) is 13.8. The van der Waals surface area contributed by atoms with Gasteiger partial charge in [0.15, 0.2) is 0 Å². The molecule has 0 radical (unpaired) electrons. The van der Waals surface area contributed by atoms with Crippen molar-refractivity contribution in [2.75, 3.05) is 44.7 Å². The Balaban J connectivity index is 1.48. The molecule has 2 aromatic carbocycles. The average molecular weight is 428 g/mol. The molecule has 32 heavy (non-hydrogen) atoms. The number of imidazole rings is 1. The van der Waals surface area contributed by atoms with Gasteiger partial charge in [0.25, 0.3) is 5.91 Å². The molecule has 0 aliphatic carbocycles. The van der Waals surface area contributed by atoms with Gasteiger partial charge >= 0.3 is 0 Å². The zero-order valence-corrected chi connectivity index (χ0v) is 17.8. The molecule has 0 atom stereocenters. The molecule has 4 N–H and O–H groups in total. The Morgan fingerprint density at radius 1 is 1.06 bits per heavy atom. The molecular formula is C24H24N6O2. The zero-order chi connectivity index (χ0) is 21.8. The van der Waals surface area contributed by atoms with E-state index in [-0.39, 0.29) is 11.7 Å². The third-order valence-corrected chi connectivity index (χ3v) is 6.52. The van der Waals surface area contributed by atoms with Gasteiger partial charge in [-0.15, -0.1) is 0 Å². The van der Waals surface area contributed by atoms with Crippen LogP contribution in [-0.2, 0) is 4.79 Å². The largest absolute Gasteiger partial charge is 0.508 e. The van der Waals surface area contributed by atoms with E-state index in [1.165, 1.54) is 0 Å². The van der Waals surface area contributed by atoms with Crippen LogP contribution in [0.15, 0.2) is 42.6 Å². The number of aromatic nitrogens is 3. The summed E-state index contributed by atoms with van der Waals surface area (Å²) in [7, 11) is 2.14. The summed E-state index contributed by atoms with van der Waals surface area (Å²) < 4.78 is 0. The Bertz CT molecular complexity index is 1390. The molecule has 0 bridgehead atoms. The fraction of sp³-hybridized carbons (Fsp3) is 0.250. The van der Waals surface area contributed by atoms with Crippen molar-refractivity contribution in [3.63, 3.8) is 0 Å². The second kappa shape index (κ2) is 7.13. The van der Waals surface area contributed by atoms with Gasteiger partial charge in [-0.2, -0.15) is 0 Å². The predicted octanol–water partition coefficient (Wildman–Crippen LogP) is 2.54. The van der Waals surface area contributed by atoms with Gasteiger partial charge in [0, 0.05) is 55.4 Å². The van der Waals surface area contributed by atoms with E-state index in [2.05, 4.69) is 38.2 Å². The number of piperazine rings is 1. The number of fused-ring (bicyclic) bond motifs is 2. The smallest absolute Gasteiger partial charge is 0.255 e. The number of rotatable bonds is 3. The first kappa shape index (κ1) is 18.9. The first-order valence-corrected chi connectivity index (χ1v) is 10.8. The minimum absolute atomic E-state index is 0.144. The number of carbonyl (C=O) groups is 1. The van der Waals surface area contributed by atoms with E-state index < -0.39 is 0 Å². The number of nitrogens with zero attached hydrogens (tertiary/aromatic N) is 3. The highest BCUT2D eigenvalue weighted by molar-refractivity contribution is 6.30. The molecule has 0 saturated carbocycles. The molecule has 4 aromatic rings. The number of anilines is 1. The van der Waals surface area contributed by atoms with E-state index in [0.717, 1.165) is 64.9 Å². The monoisotopic (exact) mass is 428 g/mol. The summed E-state index contributed by atoms with van der Waals surface area (Å²) in [6.07, 6.45) is 1.89. The maximum Gasteiger partial charge on any atom is 0.255 e. The molecule has 1 fully saturated rings. The quantitative estimate of drug-likeness (QED) is 0.402. The first-order chi connectivity index (χ1) is 15.6. The molecule has 8 heteroatoms. The number of hydrogen-bond donors (Lipinski definition) is 4. The lowest BCUT2D eigenvalue weighted by Gasteiger charge is -2.34. The SMILES string of the molecule is CN1CCN(c2cccc3[nH]c(C4=C(c5c[nH]c6ccc(O)cc56)CNC4=O)nc23)CC1. The number of likely N-dealkylation sites (N-methyl/N-ethyl adjacent to an activating group) is 1. The van der Waals surface area contributed by atoms with Gasteiger partial charge in [0.2, 0.25) is 0 Å². The predicted molar refractivity (Wildman–Crippen MR) is 126 cm³/mol. The number of phenolic OH excluding ortho intramolecular Hbond substituents is 1. The van der Waals surface area contributed by atoms with Crippen molar-refractivity contribution in [1.82, 2.24) is 25.2 Å². The average Bonchev–Trinajstić information content (AvgIpc) is 3.49. The number of aromatic hydroxyl groups is 1. The molecular weight excluding hydrogens is 404 g/mol. The summed E-state index contributed by atoms with van der Waals surface area (Å²) in [4.78, 5) is 29.1. The second-order valence-corrected chi connectivity index (χ2v) is 8.52. The Kier molecular flexibility index (Phi) is 4.22. The molecule has 1 saturated heterocycles. The third kappa shape index (κ3) is 2.95. The van der Waals surface area contributed by atoms with Gasteiger partial charge in [-0.3, -0.25) is 4.79 Å². The maximum absolute atomic E-state index is 12.9. The Hall–Kier alpha value is -3.78. The highest BCUT2D eigenvalue weighted by Gasteiger charge is 2.29. The lowest BCUT2D eigenvalue weighted by Crippen LogP contribution is -2.44. The van der Waals surface area contributed by atoms with Crippen LogP contribution >= 0.6 is 0 Å². The van der Waals surface area contributed by atoms with Gasteiger partial charge < -0.3 is 30.2 Å². The van der Waals surface area contributed by atoms with Crippen LogP contribution in [0.2, 0.25) is 0 Å². The van der Waals surface area contributed by atoms with Crippen LogP contribution in [0.3, 0.4) is 0 Å². The fourth-order valence-corrected chi connectivity index (χ4v) is 4.76. The first-order valence-electron chi connectivity index (χ1n) is 10.8. The number of nitrogens with one attached hydrogen (secondary N) is 3. The van der Waals surface area contributed by atoms with Crippen LogP contribution in [0.1, 0.15) is 11.4 Å². The zero-order valence-electron chi connectivity index (χ0n) is 17.8. The minimum atomic E-state index is -0.144. The third-order valence-electron chi connectivity index (χ3n) is 6.52. The van der Waals surface area contributed by atoms with Gasteiger partial charge in [-0.25, -0.2) is 4.98 Å². The van der Waals surface area contributed by atoms with Crippen molar-refractivity contribution < 1.29 is 9.90 Å². The number of amides is 1. The standard InChI is InChI=1S/C24H24N6O2/c1-29-7-9-30(10-8-29)20-4-2-3-19-22(20)28-23(27-19)21-17(13-26-24(21)32)16-12-25-18-6-5-14(31)11-15(16)18/h2-6,11-12,25,31H,7-10,13H2,1H3,(H,26,32)(H,27,28). The normalized spacial score (nSPS) is 17.7. The molecule has 2 aromatic heterocycles. The Labute approximate surface area is 184 Å². The van der Waals surface area contributed by atoms with Crippen LogP contribution in [0.5, 0.6) is 5.75 Å². The van der Waals surface area contributed by atoms with E-state index in [1.54, 1.807) is 12.1 Å². The number of para-hydroxylation sites is 1. The number of hydrogen-bond acceptors (Lipinski definition) is 5. The van der Waals surface area contributed by atoms with Gasteiger partial charge in [-0.1, -0.05) is 6.07 Å². The van der Waals surface area contributed by atoms with Crippen LogP contribution in [0, 0.1) is 0 Å². The van der Waals surface area contributed by atoms with Crippen molar-refractivity contribution in [3.8, 4) is 5.75 Å². The lowest BCUT2D eigenvalue weighted by molar-refractivity contribution is -0.114. The summed E-state index contributed by atoms with van der Waals surface area (Å²) in [6.45, 7) is 4.34. The molecule has 2 aliphatic heterocycles. The second-order valence-electron chi connectivity index (χ2n) is 8.52. The molecule has 8 nitrogen and oxygen atoms in total. The highest BCUT2D eigenvalue weighted by Crippen LogP contribution is 2.36. The minimum Gasteiger partial charge on any atom is -0.508 e. The van der Waals surface area contributed by atoms with Crippen molar-refractivity contribution in [1.29, 1.82) is 0 Å². The van der Waals surface area contributed by atoms with Crippen molar-refractivity contribution in [3.05, 3.63) is 54.0 Å². The Morgan fingerprint density at radius 2 is 1.91 bits per heavy atom. The van der Waals surface area contributed by atoms with E-state index in [4.69, 9.17) is 4.98 Å². The van der Waals surface area contributed by atoms with Crippen molar-refractivity contribution in [2.24, 2.45) is 0 Å². The summed E-state index contributed by atoms with van der Waals surface area (Å²) >= 11 is 0. The van der Waals surface area contributed by atoms with E-state index >= 15 is 0 Å². The molecule has 4 heterocycles. The molecule has 0 unspecified atom stereocenters. The van der Waals surface area contributed by atoms with E-state index in [1.807, 2.05) is 24.4 Å². The number of phenols is 1. The van der Waals surface area contributed by atoms with Gasteiger partial charge in [-0.05, 0) is 43.0 Å². The summed E-state index contributed by atoms with van der Waals surface area (Å²) in [6, 6.07) is 11.3. The van der Waals surface area contributed by atoms with Gasteiger partial charge in [0.1, 0.15) is 17.1 Å². The van der Waals surface area contributed by atoms with Crippen molar-refractivity contribution >= 4 is 44.7 Å². The topological polar surface area (TPSA) is 100 Å². The molecule has 1 amide bonds. The van der Waals surface area contributed by atoms with Crippen molar-refractivity contribution in [2.45, 2.75) is 0 Å². The van der Waals surface area contributed by atoms with Gasteiger partial charge in [0.05, 0.1) is 16.8 Å². The number of aromatic amines is 2. The molecule has 162 valence electrons. The van der Waals surface area contributed by atoms with E-state index in [0.29, 0.717) is 17.9 Å². The summed E-state index contributed by atoms with van der Waals surface area (Å²) in [5.74, 6) is 0.620. The highest BCUT2D eigenvalue weighted by atomic mass is 16.3. The molecule has 0 spiro atoms. The van der Waals surface area contributed by atoms with Crippen LogP contribution < -0.4 is 10.2 Å². The fourth-order valence-electron chi connectivity index (χ4n) is 4.76. The number of benzene rings is 2. The summed E-state index contributed by atoms with van der Waals surface area (Å²) in [5.41, 5.74) is 6.11. The lowest BCUT2D eigenvalue weighted by atomic mass is 10.0. The molecule has 6 rings (SSSR count). The maximum atomic E-state index is 12.9. The van der Waals surface area contributed by atoms with Crippen LogP contribution in [0.4, 0.5) is 5.69 Å². The van der Waals surface area contributed by atoms with Crippen LogP contribution in [0.25, 0.3) is 33.1 Å².